The van der Waals surface area contributed by atoms with E-state index in [2.05, 4.69) is 26.8 Å². The number of benzene rings is 1. The minimum atomic E-state index is -3.68. The Morgan fingerprint density at radius 3 is 2.85 bits per heavy atom. The van der Waals surface area contributed by atoms with Crippen LogP contribution in [-0.2, 0) is 10.0 Å². The van der Waals surface area contributed by atoms with Gasteiger partial charge in [-0.15, -0.1) is 10.2 Å². The van der Waals surface area contributed by atoms with Crippen LogP contribution in [0.25, 0.3) is 0 Å². The third kappa shape index (κ3) is 3.33. The number of aliphatic hydroxyl groups excluding tert-OH is 1. The van der Waals surface area contributed by atoms with E-state index in [0.717, 1.165) is 11.3 Å². The number of nitrogens with zero attached hydrogens (tertiary/aromatic N) is 2. The molecular formula is C12H11N3O3S2. The minimum absolute atomic E-state index is 0.125. The van der Waals surface area contributed by atoms with Crippen molar-refractivity contribution in [3.63, 3.8) is 0 Å². The molecule has 0 saturated heterocycles. The Balaban J connectivity index is 2.31. The Hall–Kier alpha value is -1.95. The third-order valence-electron chi connectivity index (χ3n) is 2.39. The van der Waals surface area contributed by atoms with Crippen molar-refractivity contribution in [1.82, 2.24) is 10.2 Å². The highest BCUT2D eigenvalue weighted by molar-refractivity contribution is 7.93. The number of anilines is 1. The van der Waals surface area contributed by atoms with E-state index in [4.69, 9.17) is 5.11 Å². The van der Waals surface area contributed by atoms with Gasteiger partial charge < -0.3 is 5.11 Å². The van der Waals surface area contributed by atoms with Crippen LogP contribution < -0.4 is 4.72 Å². The second kappa shape index (κ2) is 6.00. The third-order valence-corrected chi connectivity index (χ3v) is 4.46. The Bertz CT molecular complexity index is 759. The van der Waals surface area contributed by atoms with E-state index in [9.17, 15) is 8.42 Å². The molecule has 0 spiro atoms. The van der Waals surface area contributed by atoms with E-state index < -0.39 is 10.0 Å². The number of sulfonamides is 1. The molecule has 2 rings (SSSR count). The van der Waals surface area contributed by atoms with E-state index in [1.165, 1.54) is 17.6 Å². The highest BCUT2D eigenvalue weighted by atomic mass is 32.2. The quantitative estimate of drug-likeness (QED) is 0.825. The molecule has 0 radical (unpaired) electrons. The van der Waals surface area contributed by atoms with Crippen LogP contribution in [0.1, 0.15) is 11.1 Å². The lowest BCUT2D eigenvalue weighted by Gasteiger charge is -2.06. The van der Waals surface area contributed by atoms with E-state index >= 15 is 0 Å². The molecule has 0 saturated carbocycles. The number of aliphatic hydroxyl groups is 1. The molecule has 0 fully saturated rings. The average Bonchev–Trinajstić information content (AvgIpc) is 2.89. The Morgan fingerprint density at radius 2 is 2.25 bits per heavy atom. The summed E-state index contributed by atoms with van der Waals surface area (Å²) in [5, 5.41) is 16.1. The monoisotopic (exact) mass is 309 g/mol. The van der Waals surface area contributed by atoms with Crippen molar-refractivity contribution in [3.05, 3.63) is 34.8 Å². The summed E-state index contributed by atoms with van der Waals surface area (Å²) in [5.41, 5.74) is 2.83. The number of hydrogen-bond donors (Lipinski definition) is 2. The first-order chi connectivity index (χ1) is 9.53. The number of rotatable bonds is 3. The van der Waals surface area contributed by atoms with Crippen molar-refractivity contribution in [1.29, 1.82) is 0 Å². The molecule has 6 nitrogen and oxygen atoms in total. The number of aryl methyl sites for hydroxylation is 1. The van der Waals surface area contributed by atoms with Crippen molar-refractivity contribution in [2.45, 2.75) is 11.8 Å². The van der Waals surface area contributed by atoms with Crippen LogP contribution in [-0.4, -0.2) is 30.3 Å². The molecular weight excluding hydrogens is 298 g/mol. The normalized spacial score (nSPS) is 10.7. The van der Waals surface area contributed by atoms with Gasteiger partial charge in [0, 0.05) is 5.56 Å². The molecule has 0 aliphatic heterocycles. The fourth-order valence-electron chi connectivity index (χ4n) is 1.47. The maximum Gasteiger partial charge on any atom is 0.263 e. The maximum absolute atomic E-state index is 12.1. The minimum Gasteiger partial charge on any atom is -0.384 e. The molecule has 0 bridgehead atoms. The predicted octanol–water partition coefficient (Wildman–Crippen LogP) is 0.991. The lowest BCUT2D eigenvalue weighted by Crippen LogP contribution is -2.13. The van der Waals surface area contributed by atoms with Gasteiger partial charge in [0.1, 0.15) is 12.1 Å². The van der Waals surface area contributed by atoms with Crippen LogP contribution in [0.15, 0.2) is 28.6 Å². The van der Waals surface area contributed by atoms with Gasteiger partial charge in [0.25, 0.3) is 10.0 Å². The van der Waals surface area contributed by atoms with Gasteiger partial charge in [0.2, 0.25) is 5.13 Å². The Kier molecular flexibility index (Phi) is 4.34. The van der Waals surface area contributed by atoms with Crippen LogP contribution in [0.4, 0.5) is 5.13 Å². The first kappa shape index (κ1) is 14.5. The van der Waals surface area contributed by atoms with Crippen molar-refractivity contribution in [3.8, 4) is 11.8 Å². The summed E-state index contributed by atoms with van der Waals surface area (Å²) < 4.78 is 26.6. The van der Waals surface area contributed by atoms with Crippen LogP contribution >= 0.6 is 11.3 Å². The van der Waals surface area contributed by atoms with E-state index in [1.807, 2.05) is 0 Å². The molecule has 0 aliphatic carbocycles. The van der Waals surface area contributed by atoms with Gasteiger partial charge in [-0.2, -0.15) is 0 Å². The summed E-state index contributed by atoms with van der Waals surface area (Å²) in [5.74, 6) is 5.28. The molecule has 104 valence electrons. The van der Waals surface area contributed by atoms with Crippen LogP contribution in [0, 0.1) is 18.8 Å². The van der Waals surface area contributed by atoms with Crippen LogP contribution in [0.2, 0.25) is 0 Å². The molecule has 0 atom stereocenters. The highest BCUT2D eigenvalue weighted by Gasteiger charge is 2.16. The van der Waals surface area contributed by atoms with Crippen molar-refractivity contribution < 1.29 is 13.5 Å². The molecule has 20 heavy (non-hydrogen) atoms. The first-order valence-corrected chi connectivity index (χ1v) is 7.88. The molecule has 2 aromatic rings. The molecule has 0 aliphatic rings. The molecule has 0 unspecified atom stereocenters. The molecule has 1 aromatic carbocycles. The number of nitrogens with one attached hydrogen (secondary N) is 1. The van der Waals surface area contributed by atoms with Crippen molar-refractivity contribution >= 4 is 26.5 Å². The van der Waals surface area contributed by atoms with Gasteiger partial charge in [-0.05, 0) is 30.7 Å². The molecule has 1 heterocycles. The summed E-state index contributed by atoms with van der Waals surface area (Å²) in [6, 6.07) is 4.58. The molecule has 0 amide bonds. The topological polar surface area (TPSA) is 92.2 Å². The van der Waals surface area contributed by atoms with Gasteiger partial charge >= 0.3 is 0 Å². The lowest BCUT2D eigenvalue weighted by molar-refractivity contribution is 0.350. The lowest BCUT2D eigenvalue weighted by atomic mass is 10.1. The summed E-state index contributed by atoms with van der Waals surface area (Å²) in [6.45, 7) is 1.52. The fourth-order valence-corrected chi connectivity index (χ4v) is 3.25. The summed E-state index contributed by atoms with van der Waals surface area (Å²) in [4.78, 5) is 0.125. The largest absolute Gasteiger partial charge is 0.384 e. The van der Waals surface area contributed by atoms with Crippen LogP contribution in [0.5, 0.6) is 0 Å². The standard InChI is InChI=1S/C12H11N3O3S2/c1-9-7-11(5-4-10(9)3-2-6-16)20(17,18)15-12-14-13-8-19-12/h4-5,7-8,16H,6H2,1H3,(H,14,15). The van der Waals surface area contributed by atoms with Gasteiger partial charge in [-0.3, -0.25) is 4.72 Å². The number of hydrogen-bond acceptors (Lipinski definition) is 6. The predicted molar refractivity (Wildman–Crippen MR) is 75.9 cm³/mol. The molecule has 8 heteroatoms. The van der Waals surface area contributed by atoms with Crippen molar-refractivity contribution in [2.24, 2.45) is 0 Å². The van der Waals surface area contributed by atoms with Gasteiger partial charge in [0.15, 0.2) is 0 Å². The molecule has 1 aromatic heterocycles. The first-order valence-electron chi connectivity index (χ1n) is 5.52. The van der Waals surface area contributed by atoms with Crippen molar-refractivity contribution in [2.75, 3.05) is 11.3 Å². The second-order valence-electron chi connectivity index (χ2n) is 3.79. The molecule has 2 N–H and O–H groups in total. The fraction of sp³-hybridized carbons (Fsp3) is 0.167. The van der Waals surface area contributed by atoms with Gasteiger partial charge in [-0.25, -0.2) is 8.42 Å². The summed E-state index contributed by atoms with van der Waals surface area (Å²) in [7, 11) is -3.68. The zero-order valence-corrected chi connectivity index (χ0v) is 12.1. The van der Waals surface area contributed by atoms with Crippen LogP contribution in [0.3, 0.4) is 0 Å². The van der Waals surface area contributed by atoms with E-state index in [0.29, 0.717) is 11.1 Å². The maximum atomic E-state index is 12.1. The Morgan fingerprint density at radius 1 is 1.45 bits per heavy atom. The smallest absolute Gasteiger partial charge is 0.263 e. The average molecular weight is 309 g/mol. The SMILES string of the molecule is Cc1cc(S(=O)(=O)Nc2nncs2)ccc1C#CCO. The zero-order valence-electron chi connectivity index (χ0n) is 10.5. The second-order valence-corrected chi connectivity index (χ2v) is 6.30. The van der Waals surface area contributed by atoms with E-state index in [1.54, 1.807) is 13.0 Å². The Labute approximate surface area is 120 Å². The van der Waals surface area contributed by atoms with Gasteiger partial charge in [-0.1, -0.05) is 23.2 Å². The van der Waals surface area contributed by atoms with E-state index in [-0.39, 0.29) is 16.6 Å². The zero-order chi connectivity index (χ0) is 14.6. The van der Waals surface area contributed by atoms with Gasteiger partial charge in [0.05, 0.1) is 4.90 Å². The summed E-state index contributed by atoms with van der Waals surface area (Å²) in [6.07, 6.45) is 0. The summed E-state index contributed by atoms with van der Waals surface area (Å²) >= 11 is 1.10. The highest BCUT2D eigenvalue weighted by Crippen LogP contribution is 2.19. The number of aromatic nitrogens is 2.